The number of aliphatic carboxylic acids is 1. The number of carboxylic acids is 1. The number of hydrogen-bond donors (Lipinski definition) is 4. The van der Waals surface area contributed by atoms with E-state index in [9.17, 15) is 9.59 Å². The summed E-state index contributed by atoms with van der Waals surface area (Å²) in [5, 5.41) is 15.3. The maximum absolute atomic E-state index is 10.2. The maximum atomic E-state index is 10.2. The number of rotatable bonds is 3. The first-order valence-corrected chi connectivity index (χ1v) is 2.86. The van der Waals surface area contributed by atoms with Crippen LogP contribution in [0.25, 0.3) is 0 Å². The van der Waals surface area contributed by atoms with E-state index in [4.69, 9.17) is 10.2 Å². The molecule has 6 heteroatoms. The second-order valence-electron chi connectivity index (χ2n) is 1.63. The fraction of sp³-hybridized carbons (Fsp3) is 0.500. The first-order chi connectivity index (χ1) is 4.46. The van der Waals surface area contributed by atoms with Gasteiger partial charge in [0.25, 0.3) is 0 Å². The highest BCUT2D eigenvalue weighted by atomic mass is 32.1. The number of thiol groups is 1. The van der Waals surface area contributed by atoms with E-state index in [0.717, 1.165) is 0 Å². The summed E-state index contributed by atoms with van der Waals surface area (Å²) >= 11 is 3.45. The third-order valence-corrected chi connectivity index (χ3v) is 1.38. The van der Waals surface area contributed by atoms with Crippen molar-refractivity contribution in [1.82, 2.24) is 0 Å². The van der Waals surface area contributed by atoms with Crippen LogP contribution in [0.4, 0.5) is 0 Å². The SMILES string of the molecule is NC(=O)[C@@H](S)[C@@H](O)C(=O)O. The van der Waals surface area contributed by atoms with E-state index in [2.05, 4.69) is 18.4 Å². The van der Waals surface area contributed by atoms with Gasteiger partial charge in [0.15, 0.2) is 6.10 Å². The van der Waals surface area contributed by atoms with Gasteiger partial charge in [-0.3, -0.25) is 4.79 Å². The molecular formula is C4H7NO4S. The van der Waals surface area contributed by atoms with Gasteiger partial charge in [-0.2, -0.15) is 12.6 Å². The van der Waals surface area contributed by atoms with Crippen molar-refractivity contribution in [2.45, 2.75) is 11.4 Å². The molecule has 0 spiro atoms. The lowest BCUT2D eigenvalue weighted by molar-refractivity contribution is -0.148. The quantitative estimate of drug-likeness (QED) is 0.371. The first-order valence-electron chi connectivity index (χ1n) is 2.35. The number of nitrogens with two attached hydrogens (primary N) is 1. The fourth-order valence-electron chi connectivity index (χ4n) is 0.291. The largest absolute Gasteiger partial charge is 0.479 e. The molecule has 0 radical (unpaired) electrons. The molecule has 0 fully saturated rings. The van der Waals surface area contributed by atoms with Crippen molar-refractivity contribution < 1.29 is 19.8 Å². The number of aliphatic hydroxyl groups is 1. The lowest BCUT2D eigenvalue weighted by atomic mass is 10.2. The Labute approximate surface area is 62.2 Å². The van der Waals surface area contributed by atoms with Gasteiger partial charge in [-0.15, -0.1) is 0 Å². The molecule has 0 unspecified atom stereocenters. The van der Waals surface area contributed by atoms with E-state index in [-0.39, 0.29) is 0 Å². The zero-order valence-electron chi connectivity index (χ0n) is 4.89. The predicted octanol–water partition coefficient (Wildman–Crippen LogP) is -1.78. The highest BCUT2D eigenvalue weighted by Crippen LogP contribution is 2.00. The predicted molar refractivity (Wildman–Crippen MR) is 35.6 cm³/mol. The molecule has 0 aromatic carbocycles. The van der Waals surface area contributed by atoms with Crippen LogP contribution in [-0.4, -0.2) is 33.4 Å². The van der Waals surface area contributed by atoms with E-state index < -0.39 is 23.2 Å². The van der Waals surface area contributed by atoms with Gasteiger partial charge in [0.2, 0.25) is 5.91 Å². The molecule has 0 aromatic heterocycles. The number of carbonyl (C=O) groups excluding carboxylic acids is 1. The molecule has 0 aliphatic carbocycles. The van der Waals surface area contributed by atoms with Crippen molar-refractivity contribution in [3.8, 4) is 0 Å². The van der Waals surface area contributed by atoms with Crippen molar-refractivity contribution in [3.05, 3.63) is 0 Å². The molecule has 0 bridgehead atoms. The molecule has 0 aromatic rings. The van der Waals surface area contributed by atoms with Gasteiger partial charge < -0.3 is 15.9 Å². The molecule has 5 nitrogen and oxygen atoms in total. The first kappa shape index (κ1) is 9.25. The van der Waals surface area contributed by atoms with Gasteiger partial charge in [-0.05, 0) is 0 Å². The molecule has 0 heterocycles. The van der Waals surface area contributed by atoms with Crippen LogP contribution in [0.2, 0.25) is 0 Å². The Morgan fingerprint density at radius 2 is 1.90 bits per heavy atom. The Morgan fingerprint density at radius 3 is 2.00 bits per heavy atom. The van der Waals surface area contributed by atoms with E-state index >= 15 is 0 Å². The summed E-state index contributed by atoms with van der Waals surface area (Å²) in [7, 11) is 0. The average Bonchev–Trinajstić information content (AvgIpc) is 1.84. The number of aliphatic hydroxyl groups excluding tert-OH is 1. The number of amides is 1. The van der Waals surface area contributed by atoms with Gasteiger partial charge in [-0.25, -0.2) is 4.79 Å². The molecule has 4 N–H and O–H groups in total. The number of primary amides is 1. The summed E-state index contributed by atoms with van der Waals surface area (Å²) in [5.41, 5.74) is 4.64. The summed E-state index contributed by atoms with van der Waals surface area (Å²) in [6.45, 7) is 0. The molecule has 0 rings (SSSR count). The minimum atomic E-state index is -1.83. The second-order valence-corrected chi connectivity index (χ2v) is 2.19. The monoisotopic (exact) mass is 165 g/mol. The van der Waals surface area contributed by atoms with E-state index in [1.54, 1.807) is 0 Å². The summed E-state index contributed by atoms with van der Waals surface area (Å²) in [4.78, 5) is 20.1. The van der Waals surface area contributed by atoms with Crippen molar-refractivity contribution in [3.63, 3.8) is 0 Å². The molecule has 58 valence electrons. The lowest BCUT2D eigenvalue weighted by Gasteiger charge is -2.08. The summed E-state index contributed by atoms with van der Waals surface area (Å²) < 4.78 is 0. The van der Waals surface area contributed by atoms with Crippen LogP contribution in [0.1, 0.15) is 0 Å². The summed E-state index contributed by atoms with van der Waals surface area (Å²) in [6.07, 6.45) is -1.83. The number of hydrogen-bond acceptors (Lipinski definition) is 4. The summed E-state index contributed by atoms with van der Waals surface area (Å²) in [6, 6.07) is 0. The van der Waals surface area contributed by atoms with Gasteiger partial charge in [0, 0.05) is 0 Å². The Balaban J connectivity index is 4.07. The van der Waals surface area contributed by atoms with Crippen molar-refractivity contribution >= 4 is 24.5 Å². The van der Waals surface area contributed by atoms with E-state index in [1.807, 2.05) is 0 Å². The molecule has 0 aliphatic heterocycles. The normalized spacial score (nSPS) is 15.8. The van der Waals surface area contributed by atoms with Crippen molar-refractivity contribution in [1.29, 1.82) is 0 Å². The smallest absolute Gasteiger partial charge is 0.334 e. The van der Waals surface area contributed by atoms with Crippen LogP contribution < -0.4 is 5.73 Å². The van der Waals surface area contributed by atoms with E-state index in [0.29, 0.717) is 0 Å². The molecule has 2 atom stereocenters. The van der Waals surface area contributed by atoms with Crippen LogP contribution in [0.15, 0.2) is 0 Å². The minimum absolute atomic E-state index is 0.960. The molecule has 1 amide bonds. The Kier molecular flexibility index (Phi) is 3.17. The molecule has 0 saturated carbocycles. The molecule has 10 heavy (non-hydrogen) atoms. The summed E-state index contributed by atoms with van der Waals surface area (Å²) in [5.74, 6) is -2.47. The second kappa shape index (κ2) is 3.43. The molecular weight excluding hydrogens is 158 g/mol. The van der Waals surface area contributed by atoms with Gasteiger partial charge >= 0.3 is 5.97 Å². The third-order valence-electron chi connectivity index (χ3n) is 0.844. The zero-order chi connectivity index (χ0) is 8.31. The zero-order valence-corrected chi connectivity index (χ0v) is 5.78. The highest BCUT2D eigenvalue weighted by Gasteiger charge is 2.26. The lowest BCUT2D eigenvalue weighted by Crippen LogP contribution is -2.39. The Morgan fingerprint density at radius 1 is 1.50 bits per heavy atom. The van der Waals surface area contributed by atoms with Crippen LogP contribution in [0.3, 0.4) is 0 Å². The minimum Gasteiger partial charge on any atom is -0.479 e. The van der Waals surface area contributed by atoms with Gasteiger partial charge in [0.1, 0.15) is 5.25 Å². The van der Waals surface area contributed by atoms with Crippen LogP contribution >= 0.6 is 12.6 Å². The van der Waals surface area contributed by atoms with E-state index in [1.165, 1.54) is 0 Å². The Hall–Kier alpha value is -0.750. The maximum Gasteiger partial charge on any atom is 0.334 e. The van der Waals surface area contributed by atoms with Crippen LogP contribution in [-0.2, 0) is 9.59 Å². The topological polar surface area (TPSA) is 101 Å². The average molecular weight is 165 g/mol. The van der Waals surface area contributed by atoms with Crippen LogP contribution in [0.5, 0.6) is 0 Å². The molecule has 0 saturated heterocycles. The van der Waals surface area contributed by atoms with Crippen LogP contribution in [0, 0.1) is 0 Å². The Bertz CT molecular complexity index is 141. The third kappa shape index (κ3) is 2.24. The number of carboxylic acid groups (broad SMARTS) is 1. The fourth-order valence-corrected chi connectivity index (χ4v) is 0.418. The highest BCUT2D eigenvalue weighted by molar-refractivity contribution is 7.81. The standard InChI is InChI=1S/C4H7NO4S/c5-3(7)2(10)1(6)4(8)9/h1-2,6,10H,(H2,5,7)(H,8,9)/t1-,2+/m1/s1. The van der Waals surface area contributed by atoms with Gasteiger partial charge in [-0.1, -0.05) is 0 Å². The molecule has 0 aliphatic rings. The number of carbonyl (C=O) groups is 2. The van der Waals surface area contributed by atoms with Crippen molar-refractivity contribution in [2.75, 3.05) is 0 Å². The van der Waals surface area contributed by atoms with Crippen molar-refractivity contribution in [2.24, 2.45) is 5.73 Å². The van der Waals surface area contributed by atoms with Gasteiger partial charge in [0.05, 0.1) is 0 Å².